The van der Waals surface area contributed by atoms with Crippen LogP contribution in [0.2, 0.25) is 0 Å². The summed E-state index contributed by atoms with van der Waals surface area (Å²) < 4.78 is 5.63. The first kappa shape index (κ1) is 10.1. The molecule has 4 nitrogen and oxygen atoms in total. The van der Waals surface area contributed by atoms with Gasteiger partial charge in [0.05, 0.1) is 12.3 Å². The molecule has 0 bridgehead atoms. The molecule has 3 rings (SSSR count). The third-order valence-electron chi connectivity index (χ3n) is 2.84. The van der Waals surface area contributed by atoms with E-state index in [-0.39, 0.29) is 5.88 Å². The first-order chi connectivity index (χ1) is 8.34. The molecule has 0 unspecified atom stereocenters. The molecule has 0 aliphatic heterocycles. The van der Waals surface area contributed by atoms with Crippen molar-refractivity contribution in [2.75, 3.05) is 0 Å². The van der Waals surface area contributed by atoms with Gasteiger partial charge in [-0.25, -0.2) is 0 Å². The van der Waals surface area contributed by atoms with Gasteiger partial charge in [0, 0.05) is 5.10 Å². The Morgan fingerprint density at radius 2 is 2.00 bits per heavy atom. The van der Waals surface area contributed by atoms with E-state index in [1.54, 1.807) is 12.1 Å². The molecule has 1 saturated carbocycles. The number of nitrogens with zero attached hydrogens (tertiary/aromatic N) is 2. The maximum Gasteiger partial charge on any atom is 0.411 e. The van der Waals surface area contributed by atoms with Crippen LogP contribution >= 0.6 is 0 Å². The van der Waals surface area contributed by atoms with Crippen molar-refractivity contribution in [2.24, 2.45) is 0 Å². The van der Waals surface area contributed by atoms with E-state index in [1.807, 2.05) is 18.2 Å². The highest BCUT2D eigenvalue weighted by molar-refractivity contribution is 5.40. The summed E-state index contributed by atoms with van der Waals surface area (Å²) in [6.07, 6.45) is 3.84. The minimum absolute atomic E-state index is 0.209. The lowest BCUT2D eigenvalue weighted by Crippen LogP contribution is -2.32. The van der Waals surface area contributed by atoms with Crippen LogP contribution < -0.4 is 9.58 Å². The molecule has 0 saturated heterocycles. The smallest absolute Gasteiger partial charge is 0.411 e. The van der Waals surface area contributed by atoms with Gasteiger partial charge in [-0.2, -0.15) is 0 Å². The molecular weight excluding hydrogens is 216 g/mol. The van der Waals surface area contributed by atoms with E-state index in [4.69, 9.17) is 4.74 Å². The van der Waals surface area contributed by atoms with Crippen LogP contribution in [0.1, 0.15) is 24.3 Å². The maximum absolute atomic E-state index is 11.4. The Hall–Kier alpha value is -2.10. The van der Waals surface area contributed by atoms with E-state index in [0.717, 1.165) is 5.75 Å². The van der Waals surface area contributed by atoms with Crippen LogP contribution in [0.25, 0.3) is 0 Å². The molecule has 1 aromatic heterocycles. The Morgan fingerprint density at radius 1 is 1.18 bits per heavy atom. The third-order valence-corrected chi connectivity index (χ3v) is 2.84. The molecule has 17 heavy (non-hydrogen) atoms. The summed E-state index contributed by atoms with van der Waals surface area (Å²) in [6.45, 7) is 0. The second-order valence-electron chi connectivity index (χ2n) is 4.15. The number of rotatable bonds is 3. The molecule has 1 aliphatic rings. The highest BCUT2D eigenvalue weighted by Gasteiger charge is 2.27. The van der Waals surface area contributed by atoms with Gasteiger partial charge in [0.1, 0.15) is 5.75 Å². The normalized spacial score (nSPS) is 14.6. The number of hydrogen-bond donors (Lipinski definition) is 0. The Morgan fingerprint density at radius 3 is 2.76 bits per heavy atom. The van der Waals surface area contributed by atoms with Gasteiger partial charge in [-0.1, -0.05) is 18.2 Å². The highest BCUT2D eigenvalue weighted by Crippen LogP contribution is 2.44. The van der Waals surface area contributed by atoms with Crippen molar-refractivity contribution < 1.29 is 9.58 Å². The van der Waals surface area contributed by atoms with Crippen LogP contribution in [-0.2, 0) is 0 Å². The molecule has 1 fully saturated rings. The second kappa shape index (κ2) is 4.05. The summed E-state index contributed by atoms with van der Waals surface area (Å²) in [5, 5.41) is 15.0. The number of para-hydroxylation sites is 1. The molecule has 86 valence electrons. The van der Waals surface area contributed by atoms with Gasteiger partial charge in [0.15, 0.2) is 0 Å². The Labute approximate surface area is 99.1 Å². The molecule has 0 atom stereocenters. The van der Waals surface area contributed by atoms with E-state index in [1.165, 1.54) is 24.6 Å². The molecule has 0 spiro atoms. The topological polar surface area (TPSA) is 49.1 Å². The second-order valence-corrected chi connectivity index (χ2v) is 4.15. The lowest BCUT2D eigenvalue weighted by Gasteiger charge is -2.08. The predicted octanol–water partition coefficient (Wildman–Crippen LogP) is 2.38. The summed E-state index contributed by atoms with van der Waals surface area (Å²) in [5.74, 6) is 1.55. The summed E-state index contributed by atoms with van der Waals surface area (Å²) >= 11 is 0. The molecule has 1 aromatic carbocycles. The van der Waals surface area contributed by atoms with Crippen molar-refractivity contribution in [3.63, 3.8) is 0 Å². The lowest BCUT2D eigenvalue weighted by atomic mass is 10.1. The summed E-state index contributed by atoms with van der Waals surface area (Å²) in [7, 11) is 0. The summed E-state index contributed by atoms with van der Waals surface area (Å²) in [6, 6.07) is 11.1. The zero-order valence-electron chi connectivity index (χ0n) is 9.24. The minimum atomic E-state index is 0.209. The van der Waals surface area contributed by atoms with Crippen molar-refractivity contribution in [1.29, 1.82) is 0 Å². The van der Waals surface area contributed by atoms with Crippen molar-refractivity contribution >= 4 is 0 Å². The Balaban J connectivity index is 1.92. The van der Waals surface area contributed by atoms with Gasteiger partial charge in [-0.05, 0) is 41.3 Å². The van der Waals surface area contributed by atoms with Gasteiger partial charge in [0.25, 0.3) is 0 Å². The van der Waals surface area contributed by atoms with Crippen LogP contribution in [0.4, 0.5) is 0 Å². The van der Waals surface area contributed by atoms with Crippen LogP contribution in [0.3, 0.4) is 0 Å². The fourth-order valence-corrected chi connectivity index (χ4v) is 1.84. The largest absolute Gasteiger partial charge is 0.591 e. The molecule has 2 aromatic rings. The highest BCUT2D eigenvalue weighted by atomic mass is 16.6. The van der Waals surface area contributed by atoms with E-state index < -0.39 is 0 Å². The van der Waals surface area contributed by atoms with Gasteiger partial charge >= 0.3 is 5.88 Å². The maximum atomic E-state index is 11.4. The number of benzene rings is 1. The van der Waals surface area contributed by atoms with Crippen molar-refractivity contribution in [2.45, 2.75) is 18.8 Å². The summed E-state index contributed by atoms with van der Waals surface area (Å²) in [4.78, 5) is 0.490. The first-order valence-electron chi connectivity index (χ1n) is 5.66. The molecule has 1 heterocycles. The van der Waals surface area contributed by atoms with Crippen molar-refractivity contribution in [3.8, 4) is 11.6 Å². The van der Waals surface area contributed by atoms with Crippen molar-refractivity contribution in [3.05, 3.63) is 53.4 Å². The van der Waals surface area contributed by atoms with Crippen LogP contribution in [-0.4, -0.2) is 5.10 Å². The molecule has 1 aliphatic carbocycles. The van der Waals surface area contributed by atoms with Gasteiger partial charge in [-0.15, -0.1) is 0 Å². The monoisotopic (exact) mass is 228 g/mol. The van der Waals surface area contributed by atoms with Gasteiger partial charge in [0.2, 0.25) is 0 Å². The quantitative estimate of drug-likeness (QED) is 0.598. The third kappa shape index (κ3) is 2.06. The van der Waals surface area contributed by atoms with E-state index in [2.05, 4.69) is 11.2 Å². The van der Waals surface area contributed by atoms with E-state index >= 15 is 0 Å². The number of aromatic nitrogens is 2. The van der Waals surface area contributed by atoms with Gasteiger partial charge in [-0.3, -0.25) is 0 Å². The predicted molar refractivity (Wildman–Crippen MR) is 61.7 cm³/mol. The minimum Gasteiger partial charge on any atom is -0.591 e. The Kier molecular flexibility index (Phi) is 2.40. The zero-order valence-corrected chi connectivity index (χ0v) is 9.24. The standard InChI is InChI=1S/C13H12N2O2/c16-15-13(6-3-9-14-15)17-12-5-2-1-4-11(12)10-7-8-10/h1-6,9-10H,7-8H2. The summed E-state index contributed by atoms with van der Waals surface area (Å²) in [5.41, 5.74) is 1.18. The average Bonchev–Trinajstić information content (AvgIpc) is 3.17. The lowest BCUT2D eigenvalue weighted by molar-refractivity contribution is -0.673. The Bertz CT molecular complexity index is 538. The first-order valence-corrected chi connectivity index (χ1v) is 5.66. The molecule has 0 amide bonds. The van der Waals surface area contributed by atoms with Crippen LogP contribution in [0.5, 0.6) is 11.6 Å². The van der Waals surface area contributed by atoms with E-state index in [0.29, 0.717) is 10.8 Å². The van der Waals surface area contributed by atoms with E-state index in [9.17, 15) is 5.21 Å². The number of hydrogen-bond acceptors (Lipinski definition) is 3. The fourth-order valence-electron chi connectivity index (χ4n) is 1.84. The number of ether oxygens (including phenoxy) is 1. The average molecular weight is 228 g/mol. The van der Waals surface area contributed by atoms with Crippen LogP contribution in [0.15, 0.2) is 42.6 Å². The van der Waals surface area contributed by atoms with Crippen molar-refractivity contribution in [1.82, 2.24) is 5.10 Å². The molecule has 4 heteroatoms. The SMILES string of the molecule is [O-][n+]1ncccc1Oc1ccccc1C1CC1. The van der Waals surface area contributed by atoms with Gasteiger partial charge < -0.3 is 9.94 Å². The fraction of sp³-hybridized carbons (Fsp3) is 0.231. The van der Waals surface area contributed by atoms with Crippen LogP contribution in [0, 0.1) is 5.21 Å². The molecular formula is C13H12N2O2. The molecule has 0 N–H and O–H groups in total. The molecule has 0 radical (unpaired) electrons. The zero-order chi connectivity index (χ0) is 11.7.